The number of carbonyl (C=O) groups excluding carboxylic acids is 1. The van der Waals surface area contributed by atoms with Crippen molar-refractivity contribution in [3.05, 3.63) is 80.7 Å². The molecule has 4 aromatic rings. The van der Waals surface area contributed by atoms with Gasteiger partial charge in [-0.1, -0.05) is 29.3 Å². The molecule has 234 valence electrons. The second-order valence-electron chi connectivity index (χ2n) is 9.96. The van der Waals surface area contributed by atoms with Gasteiger partial charge in [0.25, 0.3) is 5.91 Å². The number of carbonyl (C=O) groups is 1. The number of aliphatic hydroxyl groups is 1. The quantitative estimate of drug-likeness (QED) is 0.290. The first kappa shape index (κ1) is 31.5. The van der Waals surface area contributed by atoms with Crippen LogP contribution in [0, 0.1) is 5.92 Å². The van der Waals surface area contributed by atoms with E-state index >= 15 is 0 Å². The highest BCUT2D eigenvalue weighted by atomic mass is 35.5. The van der Waals surface area contributed by atoms with E-state index in [0.717, 1.165) is 20.6 Å². The number of amides is 1. The van der Waals surface area contributed by atoms with E-state index < -0.39 is 55.6 Å². The fourth-order valence-corrected chi connectivity index (χ4v) is 5.10. The number of hydrogen-bond donors (Lipinski definition) is 1. The second-order valence-corrected chi connectivity index (χ2v) is 10.8. The minimum absolute atomic E-state index is 0.0291. The summed E-state index contributed by atoms with van der Waals surface area (Å²) in [6.45, 7) is -2.20. The number of alkyl halides is 6. The Kier molecular flexibility index (Phi) is 8.52. The maximum Gasteiger partial charge on any atom is 0.416 e. The molecule has 0 spiro atoms. The van der Waals surface area contributed by atoms with Crippen LogP contribution in [0.2, 0.25) is 10.0 Å². The molecule has 1 unspecified atom stereocenters. The number of nitrogens with zero attached hydrogens (tertiary/aromatic N) is 7. The molecule has 3 heterocycles. The molecule has 1 N–H and O–H groups in total. The van der Waals surface area contributed by atoms with Crippen molar-refractivity contribution in [2.75, 3.05) is 13.1 Å². The summed E-state index contributed by atoms with van der Waals surface area (Å²) >= 11 is 12.3. The highest BCUT2D eigenvalue weighted by Gasteiger charge is 2.45. The summed E-state index contributed by atoms with van der Waals surface area (Å²) in [5.41, 5.74) is -0.769. The second kappa shape index (κ2) is 11.9. The molecular formula is C26H21Cl2F6N7O3. The minimum atomic E-state index is -5.01. The molecule has 0 bridgehead atoms. The van der Waals surface area contributed by atoms with Crippen LogP contribution in [0.25, 0.3) is 17.1 Å². The van der Waals surface area contributed by atoms with Gasteiger partial charge in [0.15, 0.2) is 17.8 Å². The first-order chi connectivity index (χ1) is 20.6. The standard InChI is InChI=1S/C26H21Cl2F6N7O3/c27-16-6-4-14(5-7-16)22-37-40(24(44)39(22)11-19(42)26(32,33)34)12-20-35-13-41(36-20)21-17(2-1-3-18(21)28)23(43)38-9-8-15(10-38)25(29,30)31/h1-7,13,15,19,42H,8-12H2/t15?,19-/m0/s1. The molecule has 2 atom stereocenters. The van der Waals surface area contributed by atoms with Gasteiger partial charge >= 0.3 is 18.0 Å². The molecule has 2 aromatic carbocycles. The van der Waals surface area contributed by atoms with Crippen LogP contribution >= 0.6 is 23.2 Å². The Labute approximate surface area is 254 Å². The third-order valence-corrected chi connectivity index (χ3v) is 7.53. The van der Waals surface area contributed by atoms with Crippen molar-refractivity contribution in [1.29, 1.82) is 0 Å². The van der Waals surface area contributed by atoms with Crippen molar-refractivity contribution in [3.8, 4) is 17.1 Å². The van der Waals surface area contributed by atoms with E-state index in [4.69, 9.17) is 23.2 Å². The average Bonchev–Trinajstić information content (AvgIpc) is 3.69. The van der Waals surface area contributed by atoms with Gasteiger partial charge in [0.2, 0.25) is 0 Å². The van der Waals surface area contributed by atoms with Crippen molar-refractivity contribution >= 4 is 29.1 Å². The Bertz CT molecular complexity index is 1730. The largest absolute Gasteiger partial charge is 0.416 e. The lowest BCUT2D eigenvalue weighted by molar-refractivity contribution is -0.207. The number of aromatic nitrogens is 6. The van der Waals surface area contributed by atoms with Crippen LogP contribution in [0.1, 0.15) is 22.6 Å². The van der Waals surface area contributed by atoms with Crippen LogP contribution in [-0.4, -0.2) is 76.6 Å². The molecule has 1 aliphatic heterocycles. The van der Waals surface area contributed by atoms with Gasteiger partial charge in [-0.2, -0.15) is 26.3 Å². The maximum absolute atomic E-state index is 13.2. The van der Waals surface area contributed by atoms with E-state index in [9.17, 15) is 41.0 Å². The smallest absolute Gasteiger partial charge is 0.382 e. The number of para-hydroxylation sites is 1. The number of halogens is 8. The van der Waals surface area contributed by atoms with Crippen molar-refractivity contribution in [2.45, 2.75) is 38.0 Å². The van der Waals surface area contributed by atoms with E-state index in [1.54, 1.807) is 0 Å². The van der Waals surface area contributed by atoms with E-state index in [0.29, 0.717) is 9.59 Å². The lowest BCUT2D eigenvalue weighted by Crippen LogP contribution is -2.37. The minimum Gasteiger partial charge on any atom is -0.382 e. The van der Waals surface area contributed by atoms with Crippen LogP contribution in [-0.2, 0) is 13.1 Å². The molecule has 5 rings (SSSR count). The number of likely N-dealkylation sites (tertiary alicyclic amines) is 1. The fraction of sp³-hybridized carbons (Fsp3) is 0.346. The van der Waals surface area contributed by atoms with Gasteiger partial charge in [-0.3, -0.25) is 9.36 Å². The van der Waals surface area contributed by atoms with Gasteiger partial charge < -0.3 is 10.0 Å². The SMILES string of the molecule is O=C(c1cccc(Cl)c1-n1cnc(Cn2nc(-c3ccc(Cl)cc3)n(C[C@H](O)C(F)(F)F)c2=O)n1)N1CCC(C(F)(F)F)C1. The van der Waals surface area contributed by atoms with E-state index in [2.05, 4.69) is 15.2 Å². The van der Waals surface area contributed by atoms with Gasteiger partial charge in [0, 0.05) is 23.7 Å². The molecule has 18 heteroatoms. The third-order valence-electron chi connectivity index (χ3n) is 6.97. The number of benzene rings is 2. The summed E-state index contributed by atoms with van der Waals surface area (Å²) in [5.74, 6) is -2.60. The van der Waals surface area contributed by atoms with Crippen molar-refractivity contribution in [2.24, 2.45) is 5.92 Å². The first-order valence-corrected chi connectivity index (χ1v) is 13.6. The van der Waals surface area contributed by atoms with Gasteiger partial charge in [-0.15, -0.1) is 10.2 Å². The Hall–Kier alpha value is -3.89. The summed E-state index contributed by atoms with van der Waals surface area (Å²) < 4.78 is 81.6. The molecule has 1 aliphatic rings. The monoisotopic (exact) mass is 663 g/mol. The Morgan fingerprint density at radius 1 is 1.05 bits per heavy atom. The molecule has 1 amide bonds. The van der Waals surface area contributed by atoms with Gasteiger partial charge in [0.1, 0.15) is 12.9 Å². The summed E-state index contributed by atoms with van der Waals surface area (Å²) in [7, 11) is 0. The third kappa shape index (κ3) is 6.46. The lowest BCUT2D eigenvalue weighted by Gasteiger charge is -2.20. The molecule has 0 saturated carbocycles. The molecular weight excluding hydrogens is 643 g/mol. The lowest BCUT2D eigenvalue weighted by atomic mass is 10.1. The van der Waals surface area contributed by atoms with Crippen LogP contribution in [0.5, 0.6) is 0 Å². The highest BCUT2D eigenvalue weighted by molar-refractivity contribution is 6.33. The molecule has 1 saturated heterocycles. The van der Waals surface area contributed by atoms with E-state index in [1.165, 1.54) is 42.5 Å². The first-order valence-electron chi connectivity index (χ1n) is 12.9. The molecule has 44 heavy (non-hydrogen) atoms. The van der Waals surface area contributed by atoms with Crippen LogP contribution in [0.15, 0.2) is 53.6 Å². The number of rotatable bonds is 7. The van der Waals surface area contributed by atoms with Gasteiger partial charge in [-0.05, 0) is 42.8 Å². The predicted octanol–water partition coefficient (Wildman–Crippen LogP) is 4.60. The van der Waals surface area contributed by atoms with E-state index in [1.807, 2.05) is 0 Å². The van der Waals surface area contributed by atoms with Crippen molar-refractivity contribution in [1.82, 2.24) is 34.0 Å². The van der Waals surface area contributed by atoms with Crippen LogP contribution in [0.4, 0.5) is 26.3 Å². The Morgan fingerprint density at radius 2 is 1.75 bits per heavy atom. The highest BCUT2D eigenvalue weighted by Crippen LogP contribution is 2.35. The van der Waals surface area contributed by atoms with Crippen molar-refractivity contribution < 1.29 is 36.2 Å². The van der Waals surface area contributed by atoms with E-state index in [-0.39, 0.29) is 46.5 Å². The Balaban J connectivity index is 1.45. The maximum atomic E-state index is 13.2. The van der Waals surface area contributed by atoms with Crippen LogP contribution < -0.4 is 5.69 Å². The predicted molar refractivity (Wildman–Crippen MR) is 145 cm³/mol. The summed E-state index contributed by atoms with van der Waals surface area (Å²) in [4.78, 5) is 31.6. The fourth-order valence-electron chi connectivity index (χ4n) is 4.71. The molecule has 1 fully saturated rings. The van der Waals surface area contributed by atoms with Gasteiger partial charge in [-0.25, -0.2) is 19.1 Å². The Morgan fingerprint density at radius 3 is 2.39 bits per heavy atom. The summed E-state index contributed by atoms with van der Waals surface area (Å²) in [6, 6.07) is 10.0. The molecule has 0 radical (unpaired) electrons. The molecule has 2 aromatic heterocycles. The summed E-state index contributed by atoms with van der Waals surface area (Å²) in [5, 5.41) is 18.4. The van der Waals surface area contributed by atoms with Crippen LogP contribution in [0.3, 0.4) is 0 Å². The summed E-state index contributed by atoms with van der Waals surface area (Å²) in [6.07, 6.45) is -11.4. The normalized spacial score (nSPS) is 16.5. The number of aliphatic hydroxyl groups excluding tert-OH is 1. The zero-order valence-electron chi connectivity index (χ0n) is 22.2. The average molecular weight is 664 g/mol. The van der Waals surface area contributed by atoms with Crippen molar-refractivity contribution in [3.63, 3.8) is 0 Å². The topological polar surface area (TPSA) is 111 Å². The molecule has 0 aliphatic carbocycles. The zero-order valence-corrected chi connectivity index (χ0v) is 23.7. The zero-order chi connectivity index (χ0) is 32.0. The van der Waals surface area contributed by atoms with Gasteiger partial charge in [0.05, 0.1) is 28.7 Å². The number of hydrogen-bond acceptors (Lipinski definition) is 6. The molecule has 10 nitrogen and oxygen atoms in total.